The van der Waals surface area contributed by atoms with E-state index in [4.69, 9.17) is 4.52 Å². The molecule has 2 heterocycles. The van der Waals surface area contributed by atoms with Crippen molar-refractivity contribution in [1.82, 2.24) is 9.46 Å². The first-order chi connectivity index (χ1) is 13.9. The monoisotopic (exact) mass is 415 g/mol. The van der Waals surface area contributed by atoms with Crippen LogP contribution in [0.5, 0.6) is 0 Å². The number of aromatic nitrogens is 1. The van der Waals surface area contributed by atoms with Gasteiger partial charge in [0.2, 0.25) is 5.91 Å². The van der Waals surface area contributed by atoms with Crippen LogP contribution in [0.2, 0.25) is 0 Å². The summed E-state index contributed by atoms with van der Waals surface area (Å²) < 4.78 is 45.9. The summed E-state index contributed by atoms with van der Waals surface area (Å²) >= 11 is 0. The van der Waals surface area contributed by atoms with Crippen LogP contribution in [0.1, 0.15) is 18.0 Å². The van der Waals surface area contributed by atoms with Crippen molar-refractivity contribution in [3.05, 3.63) is 78.3 Å². The van der Waals surface area contributed by atoms with Gasteiger partial charge in [0, 0.05) is 6.07 Å². The van der Waals surface area contributed by atoms with Crippen LogP contribution in [0.4, 0.5) is 10.2 Å². The number of nitrogens with zero attached hydrogens (tertiary/aromatic N) is 2. The molecule has 1 aliphatic rings. The normalized spacial score (nSPS) is 21.6. The highest BCUT2D eigenvalue weighted by molar-refractivity contribution is 7.95. The second kappa shape index (κ2) is 7.86. The highest BCUT2D eigenvalue weighted by Gasteiger charge is 2.47. The number of rotatable bonds is 5. The summed E-state index contributed by atoms with van der Waals surface area (Å²) in [5.41, 5.74) is 0.627. The van der Waals surface area contributed by atoms with E-state index in [0.29, 0.717) is 5.56 Å². The van der Waals surface area contributed by atoms with Gasteiger partial charge in [-0.15, -0.1) is 4.31 Å². The quantitative estimate of drug-likeness (QED) is 0.644. The molecule has 4 rings (SSSR count). The van der Waals surface area contributed by atoms with E-state index in [1.807, 2.05) is 0 Å². The topological polar surface area (TPSA) is 98.5 Å². The summed E-state index contributed by atoms with van der Waals surface area (Å²) in [7, 11) is -3.85. The fourth-order valence-corrected chi connectivity index (χ4v) is 5.17. The van der Waals surface area contributed by atoms with Crippen molar-refractivity contribution in [2.75, 3.05) is 11.9 Å². The molecule has 3 aromatic rings. The van der Waals surface area contributed by atoms with Gasteiger partial charge in [-0.25, -0.2) is 4.39 Å². The number of sulfonamides is 1. The van der Waals surface area contributed by atoms with Crippen molar-refractivity contribution < 1.29 is 22.5 Å². The zero-order valence-electron chi connectivity index (χ0n) is 15.2. The second-order valence-electron chi connectivity index (χ2n) is 6.76. The first kappa shape index (κ1) is 19.4. The summed E-state index contributed by atoms with van der Waals surface area (Å²) in [4.78, 5) is 12.8. The Morgan fingerprint density at radius 1 is 1.17 bits per heavy atom. The molecule has 1 fully saturated rings. The zero-order valence-corrected chi connectivity index (χ0v) is 16.0. The molecule has 150 valence electrons. The fourth-order valence-electron chi connectivity index (χ4n) is 3.48. The molecular weight excluding hydrogens is 397 g/mol. The van der Waals surface area contributed by atoms with Crippen LogP contribution < -0.4 is 5.32 Å². The average Bonchev–Trinajstić information content (AvgIpc) is 3.39. The Labute approximate surface area is 167 Å². The molecule has 29 heavy (non-hydrogen) atoms. The van der Waals surface area contributed by atoms with E-state index < -0.39 is 28.2 Å². The van der Waals surface area contributed by atoms with Crippen molar-refractivity contribution in [3.63, 3.8) is 0 Å². The largest absolute Gasteiger partial charge is 0.593 e. The third-order valence-electron chi connectivity index (χ3n) is 4.92. The molecule has 2 aromatic carbocycles. The number of amides is 1. The van der Waals surface area contributed by atoms with Crippen molar-refractivity contribution in [2.45, 2.75) is 17.4 Å². The van der Waals surface area contributed by atoms with Crippen LogP contribution in [-0.2, 0) is 19.4 Å². The molecule has 0 saturated carbocycles. The van der Waals surface area contributed by atoms with Gasteiger partial charge in [0.05, 0.1) is 18.5 Å². The molecule has 0 radical (unpaired) electrons. The van der Waals surface area contributed by atoms with E-state index in [1.165, 1.54) is 40.9 Å². The number of carbonyl (C=O) groups excluding carboxylic acids is 1. The minimum atomic E-state index is -3.85. The minimum absolute atomic E-state index is 0.00293. The SMILES string of the molecule is O=C(Nc1ccon1)[C@@H]1C[C@@H](c2ccc(F)cc2)N([S+](=O)([O-])c2ccccc2)C1. The molecule has 1 aliphatic heterocycles. The third-order valence-corrected chi connectivity index (χ3v) is 6.81. The Morgan fingerprint density at radius 3 is 2.55 bits per heavy atom. The second-order valence-corrected chi connectivity index (χ2v) is 8.65. The number of nitrogens with one attached hydrogen (secondary N) is 1. The number of carbonyl (C=O) groups is 1. The van der Waals surface area contributed by atoms with Gasteiger partial charge < -0.3 is 14.4 Å². The van der Waals surface area contributed by atoms with Crippen molar-refractivity contribution in [3.8, 4) is 0 Å². The first-order valence-electron chi connectivity index (χ1n) is 8.99. The van der Waals surface area contributed by atoms with Gasteiger partial charge in [-0.3, -0.25) is 4.79 Å². The molecule has 1 amide bonds. The molecule has 0 spiro atoms. The van der Waals surface area contributed by atoms with Crippen LogP contribution >= 0.6 is 0 Å². The summed E-state index contributed by atoms with van der Waals surface area (Å²) in [5, 5.41) is 6.28. The molecular formula is C20H18FN3O4S. The molecule has 0 bridgehead atoms. The van der Waals surface area contributed by atoms with Crippen molar-refractivity contribution >= 4 is 22.1 Å². The highest BCUT2D eigenvalue weighted by Crippen LogP contribution is 2.41. The molecule has 3 atom stereocenters. The zero-order chi connectivity index (χ0) is 20.4. The molecule has 0 aliphatic carbocycles. The molecule has 1 aromatic heterocycles. The standard InChI is InChI=1S/C20H18FN3O4S/c21-16-8-6-14(7-9-16)18-12-15(20(25)22-19-10-11-28-23-19)13-24(18)29(26,27)17-4-2-1-3-5-17/h1-11,15,18H,12-13H2,(H-,22,23,25,26,27)/t15-,18+/m1/s1. The van der Waals surface area contributed by atoms with Gasteiger partial charge in [-0.1, -0.05) is 39.7 Å². The van der Waals surface area contributed by atoms with Crippen LogP contribution in [0.15, 0.2) is 76.3 Å². The van der Waals surface area contributed by atoms with Gasteiger partial charge in [0.25, 0.3) is 0 Å². The number of anilines is 1. The Hall–Kier alpha value is -2.88. The van der Waals surface area contributed by atoms with E-state index in [9.17, 15) is 17.9 Å². The summed E-state index contributed by atoms with van der Waals surface area (Å²) in [6.07, 6.45) is 1.60. The number of halogens is 1. The number of hydrogen-bond acceptors (Lipinski definition) is 5. The third kappa shape index (κ3) is 3.98. The lowest BCUT2D eigenvalue weighted by Crippen LogP contribution is -2.37. The maximum Gasteiger partial charge on any atom is 0.230 e. The van der Waals surface area contributed by atoms with E-state index in [2.05, 4.69) is 10.5 Å². The van der Waals surface area contributed by atoms with Crippen LogP contribution in [0, 0.1) is 11.7 Å². The lowest BCUT2D eigenvalue weighted by molar-refractivity contribution is -0.119. The number of hydrogen-bond donors (Lipinski definition) is 1. The van der Waals surface area contributed by atoms with Crippen molar-refractivity contribution in [1.29, 1.82) is 0 Å². The Kier molecular flexibility index (Phi) is 5.27. The number of benzene rings is 2. The molecule has 9 heteroatoms. The summed E-state index contributed by atoms with van der Waals surface area (Å²) in [6.45, 7) is 0.00293. The highest BCUT2D eigenvalue weighted by atomic mass is 32.3. The fraction of sp³-hybridized carbons (Fsp3) is 0.200. The maximum absolute atomic E-state index is 13.4. The predicted octanol–water partition coefficient (Wildman–Crippen LogP) is 3.42. The van der Waals surface area contributed by atoms with E-state index in [0.717, 1.165) is 0 Å². The van der Waals surface area contributed by atoms with Gasteiger partial charge in [-0.05, 0) is 36.2 Å². The van der Waals surface area contributed by atoms with E-state index in [-0.39, 0.29) is 29.6 Å². The first-order valence-corrected chi connectivity index (χ1v) is 10.4. The summed E-state index contributed by atoms with van der Waals surface area (Å²) in [5.74, 6) is -1.10. The summed E-state index contributed by atoms with van der Waals surface area (Å²) in [6, 6.07) is 14.6. The molecule has 1 N–H and O–H groups in total. The van der Waals surface area contributed by atoms with E-state index >= 15 is 0 Å². The lowest BCUT2D eigenvalue weighted by atomic mass is 9.99. The van der Waals surface area contributed by atoms with Gasteiger partial charge in [-0.2, -0.15) is 0 Å². The van der Waals surface area contributed by atoms with Crippen LogP contribution in [0.25, 0.3) is 0 Å². The predicted molar refractivity (Wildman–Crippen MR) is 103 cm³/mol. The van der Waals surface area contributed by atoms with Crippen LogP contribution in [-0.4, -0.2) is 26.5 Å². The molecule has 1 saturated heterocycles. The van der Waals surface area contributed by atoms with Gasteiger partial charge in [0.1, 0.15) is 12.1 Å². The lowest BCUT2D eigenvalue weighted by Gasteiger charge is -2.28. The van der Waals surface area contributed by atoms with Gasteiger partial charge in [0.15, 0.2) is 21.1 Å². The average molecular weight is 415 g/mol. The Morgan fingerprint density at radius 2 is 1.90 bits per heavy atom. The van der Waals surface area contributed by atoms with E-state index in [1.54, 1.807) is 30.3 Å². The Bertz CT molecular complexity index is 1030. The molecule has 1 unspecified atom stereocenters. The van der Waals surface area contributed by atoms with Gasteiger partial charge >= 0.3 is 0 Å². The molecule has 7 nitrogen and oxygen atoms in total. The van der Waals surface area contributed by atoms with Crippen LogP contribution in [0.3, 0.4) is 0 Å². The smallest absolute Gasteiger partial charge is 0.230 e. The maximum atomic E-state index is 13.4. The van der Waals surface area contributed by atoms with Crippen molar-refractivity contribution in [2.24, 2.45) is 5.92 Å². The Balaban J connectivity index is 1.65. The minimum Gasteiger partial charge on any atom is -0.593 e.